The zero-order valence-corrected chi connectivity index (χ0v) is 14.9. The first kappa shape index (κ1) is 19.1. The monoisotopic (exact) mass is 328 g/mol. The predicted octanol–water partition coefficient (Wildman–Crippen LogP) is 3.07. The lowest BCUT2D eigenvalue weighted by Crippen LogP contribution is -2.52. The number of methoxy groups -OCH3 is 1. The van der Waals surface area contributed by atoms with Gasteiger partial charge in [-0.25, -0.2) is 0 Å². The largest absolute Gasteiger partial charge is 0.493 e. The van der Waals surface area contributed by atoms with Crippen LogP contribution in [-0.2, 0) is 6.54 Å². The molecule has 1 aromatic carbocycles. The Kier molecular flexibility index (Phi) is 6.98. The van der Waals surface area contributed by atoms with Crippen molar-refractivity contribution >= 4 is 12.4 Å². The highest BCUT2D eigenvalue weighted by atomic mass is 35.5. The van der Waals surface area contributed by atoms with Gasteiger partial charge in [-0.1, -0.05) is 19.9 Å². The highest BCUT2D eigenvalue weighted by Gasteiger charge is 2.33. The van der Waals surface area contributed by atoms with E-state index < -0.39 is 0 Å². The summed E-state index contributed by atoms with van der Waals surface area (Å²) in [5, 5.41) is 0. The van der Waals surface area contributed by atoms with Gasteiger partial charge < -0.3 is 15.2 Å². The summed E-state index contributed by atoms with van der Waals surface area (Å²) in [5.41, 5.74) is 7.63. The Bertz CT molecular complexity index is 480. The van der Waals surface area contributed by atoms with E-state index in [1.807, 2.05) is 13.0 Å². The third kappa shape index (κ3) is 4.51. The van der Waals surface area contributed by atoms with Crippen LogP contribution in [0.3, 0.4) is 0 Å². The van der Waals surface area contributed by atoms with Gasteiger partial charge in [0, 0.05) is 25.7 Å². The lowest BCUT2D eigenvalue weighted by atomic mass is 9.79. The first-order valence-electron chi connectivity index (χ1n) is 7.74. The Morgan fingerprint density at radius 3 is 2.64 bits per heavy atom. The number of rotatable bonds is 5. The van der Waals surface area contributed by atoms with E-state index in [0.29, 0.717) is 12.6 Å². The molecule has 1 aromatic rings. The quantitative estimate of drug-likeness (QED) is 0.902. The number of hydrogen-bond donors (Lipinski definition) is 1. The molecule has 0 aromatic heterocycles. The average Bonchev–Trinajstić information content (AvgIpc) is 2.44. The second-order valence-corrected chi connectivity index (χ2v) is 6.51. The fourth-order valence-electron chi connectivity index (χ4n) is 2.96. The Labute approximate surface area is 140 Å². The number of nitrogens with zero attached hydrogens (tertiary/aromatic N) is 1. The summed E-state index contributed by atoms with van der Waals surface area (Å²) in [6.45, 7) is 10.1. The molecule has 0 spiro atoms. The molecule has 1 heterocycles. The first-order valence-corrected chi connectivity index (χ1v) is 7.74. The van der Waals surface area contributed by atoms with Crippen molar-refractivity contribution in [3.8, 4) is 11.5 Å². The third-order valence-electron chi connectivity index (χ3n) is 4.33. The molecule has 22 heavy (non-hydrogen) atoms. The molecule has 0 saturated carbocycles. The van der Waals surface area contributed by atoms with Crippen LogP contribution in [0.15, 0.2) is 18.2 Å². The molecule has 4 nitrogen and oxygen atoms in total. The minimum Gasteiger partial charge on any atom is -0.493 e. The van der Waals surface area contributed by atoms with Crippen LogP contribution >= 0.6 is 12.4 Å². The van der Waals surface area contributed by atoms with Crippen molar-refractivity contribution in [2.45, 2.75) is 39.8 Å². The SMILES string of the molecule is CCOc1ccc(CN2CCC(N)C(C)(C)C2)cc1OC.Cl. The van der Waals surface area contributed by atoms with E-state index in [-0.39, 0.29) is 17.8 Å². The molecule has 2 N–H and O–H groups in total. The van der Waals surface area contributed by atoms with E-state index >= 15 is 0 Å². The molecule has 1 fully saturated rings. The molecule has 0 bridgehead atoms. The van der Waals surface area contributed by atoms with E-state index in [1.54, 1.807) is 7.11 Å². The molecule has 1 saturated heterocycles. The first-order chi connectivity index (χ1) is 9.96. The Hall–Kier alpha value is -0.970. The third-order valence-corrected chi connectivity index (χ3v) is 4.33. The molecule has 1 unspecified atom stereocenters. The van der Waals surface area contributed by atoms with Gasteiger partial charge in [-0.15, -0.1) is 12.4 Å². The van der Waals surface area contributed by atoms with Crippen LogP contribution in [0.1, 0.15) is 32.8 Å². The van der Waals surface area contributed by atoms with Crippen molar-refractivity contribution in [2.75, 3.05) is 26.8 Å². The minimum absolute atomic E-state index is 0. The molecule has 1 aliphatic rings. The number of halogens is 1. The van der Waals surface area contributed by atoms with Gasteiger partial charge in [0.15, 0.2) is 11.5 Å². The van der Waals surface area contributed by atoms with Crippen LogP contribution in [0.2, 0.25) is 0 Å². The number of nitrogens with two attached hydrogens (primary N) is 1. The maximum atomic E-state index is 6.20. The number of piperidine rings is 1. The highest BCUT2D eigenvalue weighted by molar-refractivity contribution is 5.85. The van der Waals surface area contributed by atoms with Gasteiger partial charge >= 0.3 is 0 Å². The van der Waals surface area contributed by atoms with Crippen LogP contribution in [0, 0.1) is 5.41 Å². The summed E-state index contributed by atoms with van der Waals surface area (Å²) in [7, 11) is 1.69. The normalized spacial score (nSPS) is 21.0. The summed E-state index contributed by atoms with van der Waals surface area (Å²) < 4.78 is 11.0. The van der Waals surface area contributed by atoms with E-state index in [9.17, 15) is 0 Å². The number of likely N-dealkylation sites (tertiary alicyclic amines) is 1. The summed E-state index contributed by atoms with van der Waals surface area (Å²) in [6, 6.07) is 6.49. The molecule has 1 atom stereocenters. The fraction of sp³-hybridized carbons (Fsp3) is 0.647. The van der Waals surface area contributed by atoms with Crippen LogP contribution < -0.4 is 15.2 Å². The topological polar surface area (TPSA) is 47.7 Å². The van der Waals surface area contributed by atoms with E-state index in [0.717, 1.165) is 37.6 Å². The maximum absolute atomic E-state index is 6.20. The van der Waals surface area contributed by atoms with E-state index in [4.69, 9.17) is 15.2 Å². The summed E-state index contributed by atoms with van der Waals surface area (Å²) >= 11 is 0. The second-order valence-electron chi connectivity index (χ2n) is 6.51. The standard InChI is InChI=1S/C17H28N2O2.ClH/c1-5-21-14-7-6-13(10-15(14)20-4)11-19-9-8-16(18)17(2,3)12-19;/h6-7,10,16H,5,8-9,11-12,18H2,1-4H3;1H. The van der Waals surface area contributed by atoms with Crippen molar-refractivity contribution in [3.05, 3.63) is 23.8 Å². The molecule has 5 heteroatoms. The zero-order valence-electron chi connectivity index (χ0n) is 14.1. The Balaban J connectivity index is 0.00000242. The molecule has 1 aliphatic heterocycles. The maximum Gasteiger partial charge on any atom is 0.161 e. The van der Waals surface area contributed by atoms with Crippen molar-refractivity contribution in [3.63, 3.8) is 0 Å². The van der Waals surface area contributed by atoms with Crippen molar-refractivity contribution < 1.29 is 9.47 Å². The summed E-state index contributed by atoms with van der Waals surface area (Å²) in [5.74, 6) is 1.62. The Morgan fingerprint density at radius 1 is 1.32 bits per heavy atom. The average molecular weight is 329 g/mol. The molecular weight excluding hydrogens is 300 g/mol. The Morgan fingerprint density at radius 2 is 2.05 bits per heavy atom. The molecule has 0 amide bonds. The molecular formula is C17H29ClN2O2. The smallest absolute Gasteiger partial charge is 0.161 e. The molecule has 0 aliphatic carbocycles. The van der Waals surface area contributed by atoms with Crippen LogP contribution in [0.25, 0.3) is 0 Å². The van der Waals surface area contributed by atoms with Crippen molar-refractivity contribution in [1.29, 1.82) is 0 Å². The highest BCUT2D eigenvalue weighted by Crippen LogP contribution is 2.31. The van der Waals surface area contributed by atoms with Gasteiger partial charge in [-0.3, -0.25) is 4.90 Å². The van der Waals surface area contributed by atoms with Gasteiger partial charge in [-0.05, 0) is 36.5 Å². The van der Waals surface area contributed by atoms with Gasteiger partial charge in [-0.2, -0.15) is 0 Å². The van der Waals surface area contributed by atoms with Crippen LogP contribution in [0.5, 0.6) is 11.5 Å². The molecule has 0 radical (unpaired) electrons. The van der Waals surface area contributed by atoms with Crippen molar-refractivity contribution in [2.24, 2.45) is 11.1 Å². The van der Waals surface area contributed by atoms with Crippen molar-refractivity contribution in [1.82, 2.24) is 4.90 Å². The lowest BCUT2D eigenvalue weighted by Gasteiger charge is -2.42. The zero-order chi connectivity index (χ0) is 15.5. The van der Waals surface area contributed by atoms with E-state index in [2.05, 4.69) is 30.9 Å². The number of benzene rings is 1. The number of hydrogen-bond acceptors (Lipinski definition) is 4. The molecule has 2 rings (SSSR count). The summed E-state index contributed by atoms with van der Waals surface area (Å²) in [4.78, 5) is 2.47. The van der Waals surface area contributed by atoms with Gasteiger partial charge in [0.2, 0.25) is 0 Å². The minimum atomic E-state index is 0. The van der Waals surface area contributed by atoms with Gasteiger partial charge in [0.25, 0.3) is 0 Å². The van der Waals surface area contributed by atoms with Crippen LogP contribution in [-0.4, -0.2) is 37.7 Å². The van der Waals surface area contributed by atoms with Crippen LogP contribution in [0.4, 0.5) is 0 Å². The van der Waals surface area contributed by atoms with Gasteiger partial charge in [0.1, 0.15) is 0 Å². The van der Waals surface area contributed by atoms with E-state index in [1.165, 1.54) is 5.56 Å². The lowest BCUT2D eigenvalue weighted by molar-refractivity contribution is 0.0898. The molecule has 126 valence electrons. The fourth-order valence-corrected chi connectivity index (χ4v) is 2.96. The second kappa shape index (κ2) is 8.04. The van der Waals surface area contributed by atoms with Gasteiger partial charge in [0.05, 0.1) is 13.7 Å². The summed E-state index contributed by atoms with van der Waals surface area (Å²) in [6.07, 6.45) is 1.06. The number of ether oxygens (including phenoxy) is 2. The predicted molar refractivity (Wildman–Crippen MR) is 93.1 cm³/mol.